The maximum Gasteiger partial charge on any atom is 0.267 e. The molecule has 5 rings (SSSR count). The molecule has 164 valence electrons. The minimum absolute atomic E-state index is 0.00978. The van der Waals surface area contributed by atoms with Crippen LogP contribution in [0.5, 0.6) is 0 Å². The summed E-state index contributed by atoms with van der Waals surface area (Å²) < 4.78 is 14.9. The van der Waals surface area contributed by atoms with Crippen molar-refractivity contribution in [2.24, 2.45) is 0 Å². The van der Waals surface area contributed by atoms with E-state index in [1.54, 1.807) is 22.9 Å². The van der Waals surface area contributed by atoms with E-state index in [1.807, 2.05) is 4.90 Å². The molecule has 31 heavy (non-hydrogen) atoms. The first kappa shape index (κ1) is 20.4. The maximum absolute atomic E-state index is 13.3. The highest BCUT2D eigenvalue weighted by Gasteiger charge is 2.53. The van der Waals surface area contributed by atoms with Crippen LogP contribution in [0.25, 0.3) is 0 Å². The zero-order valence-corrected chi connectivity index (χ0v) is 17.9. The predicted molar refractivity (Wildman–Crippen MR) is 115 cm³/mol. The lowest BCUT2D eigenvalue weighted by Crippen LogP contribution is -2.52. The summed E-state index contributed by atoms with van der Waals surface area (Å²) in [6.07, 6.45) is 5.90. The largest absolute Gasteiger partial charge is 0.339 e. The average molecular weight is 425 g/mol. The van der Waals surface area contributed by atoms with Gasteiger partial charge in [0.1, 0.15) is 5.82 Å². The smallest absolute Gasteiger partial charge is 0.267 e. The van der Waals surface area contributed by atoms with Crippen LogP contribution in [0, 0.1) is 5.82 Å². The molecule has 1 aromatic heterocycles. The standard InChI is InChI=1S/C24H29FN4O2/c25-20-7-5-19(6-8-20)24(9-10-24)23(31)28-14-11-27(12-15-28)13-16-29-22(30)17-18-3-1-2-4-21(18)26-29/h5-8,17H,1-4,9-16H2. The van der Waals surface area contributed by atoms with Crippen molar-refractivity contribution in [2.45, 2.75) is 50.5 Å². The Kier molecular flexibility index (Phi) is 5.38. The molecule has 3 aliphatic rings. The molecule has 2 heterocycles. The first-order chi connectivity index (χ1) is 15.0. The van der Waals surface area contributed by atoms with Gasteiger partial charge in [0.25, 0.3) is 5.56 Å². The second kappa shape index (κ2) is 8.19. The monoisotopic (exact) mass is 424 g/mol. The van der Waals surface area contributed by atoms with Crippen molar-refractivity contribution >= 4 is 5.91 Å². The Balaban J connectivity index is 1.16. The van der Waals surface area contributed by atoms with Crippen LogP contribution in [0.1, 0.15) is 42.5 Å². The third-order valence-electron chi connectivity index (χ3n) is 7.12. The molecule has 0 bridgehead atoms. The van der Waals surface area contributed by atoms with Crippen molar-refractivity contribution in [1.82, 2.24) is 19.6 Å². The van der Waals surface area contributed by atoms with E-state index in [0.29, 0.717) is 19.6 Å². The van der Waals surface area contributed by atoms with Crippen molar-refractivity contribution in [3.05, 3.63) is 63.3 Å². The number of piperazine rings is 1. The fourth-order valence-corrected chi connectivity index (χ4v) is 4.99. The molecule has 0 atom stereocenters. The summed E-state index contributed by atoms with van der Waals surface area (Å²) in [5, 5.41) is 4.61. The van der Waals surface area contributed by atoms with Crippen LogP contribution in [0.3, 0.4) is 0 Å². The summed E-state index contributed by atoms with van der Waals surface area (Å²) in [6, 6.07) is 8.15. The maximum atomic E-state index is 13.3. The number of benzene rings is 1. The highest BCUT2D eigenvalue weighted by atomic mass is 19.1. The van der Waals surface area contributed by atoms with Gasteiger partial charge in [0, 0.05) is 38.8 Å². The summed E-state index contributed by atoms with van der Waals surface area (Å²) in [6.45, 7) is 4.31. The number of nitrogens with zero attached hydrogens (tertiary/aromatic N) is 4. The molecule has 1 amide bonds. The summed E-state index contributed by atoms with van der Waals surface area (Å²) in [5.74, 6) is -0.0977. The lowest BCUT2D eigenvalue weighted by Gasteiger charge is -2.36. The fraction of sp³-hybridized carbons (Fsp3) is 0.542. The molecule has 0 N–H and O–H groups in total. The van der Waals surface area contributed by atoms with E-state index < -0.39 is 5.41 Å². The van der Waals surface area contributed by atoms with Gasteiger partial charge in [-0.3, -0.25) is 14.5 Å². The Morgan fingerprint density at radius 2 is 1.71 bits per heavy atom. The fourth-order valence-electron chi connectivity index (χ4n) is 4.99. The van der Waals surface area contributed by atoms with Gasteiger partial charge in [-0.05, 0) is 61.8 Å². The number of fused-ring (bicyclic) bond motifs is 1. The lowest BCUT2D eigenvalue weighted by atomic mass is 9.94. The van der Waals surface area contributed by atoms with Gasteiger partial charge in [0.05, 0.1) is 17.7 Å². The van der Waals surface area contributed by atoms with E-state index in [1.165, 1.54) is 12.1 Å². The first-order valence-electron chi connectivity index (χ1n) is 11.4. The summed E-state index contributed by atoms with van der Waals surface area (Å²) in [4.78, 5) is 29.8. The molecule has 2 aliphatic carbocycles. The van der Waals surface area contributed by atoms with Crippen LogP contribution in [-0.2, 0) is 29.6 Å². The molecule has 1 aliphatic heterocycles. The van der Waals surface area contributed by atoms with Gasteiger partial charge < -0.3 is 4.90 Å². The minimum Gasteiger partial charge on any atom is -0.339 e. The lowest BCUT2D eigenvalue weighted by molar-refractivity contribution is -0.135. The van der Waals surface area contributed by atoms with Crippen molar-refractivity contribution in [1.29, 1.82) is 0 Å². The summed E-state index contributed by atoms with van der Waals surface area (Å²) in [5.41, 5.74) is 2.67. The summed E-state index contributed by atoms with van der Waals surface area (Å²) >= 11 is 0. The second-order valence-corrected chi connectivity index (χ2v) is 9.11. The molecule has 2 aromatic rings. The molecule has 1 aromatic carbocycles. The highest BCUT2D eigenvalue weighted by molar-refractivity contribution is 5.91. The third-order valence-corrected chi connectivity index (χ3v) is 7.12. The van der Waals surface area contributed by atoms with E-state index >= 15 is 0 Å². The first-order valence-corrected chi connectivity index (χ1v) is 11.4. The average Bonchev–Trinajstić information content (AvgIpc) is 3.60. The van der Waals surface area contributed by atoms with Gasteiger partial charge in [-0.1, -0.05) is 12.1 Å². The van der Waals surface area contributed by atoms with E-state index in [0.717, 1.165) is 75.0 Å². The van der Waals surface area contributed by atoms with Crippen LogP contribution in [0.2, 0.25) is 0 Å². The minimum atomic E-state index is -0.448. The number of aromatic nitrogens is 2. The molecule has 7 heteroatoms. The van der Waals surface area contributed by atoms with Crippen molar-refractivity contribution < 1.29 is 9.18 Å². The molecule has 0 unspecified atom stereocenters. The number of aryl methyl sites for hydroxylation is 2. The Bertz CT molecular complexity index is 1020. The Hall–Kier alpha value is -2.54. The van der Waals surface area contributed by atoms with E-state index in [2.05, 4.69) is 10.00 Å². The van der Waals surface area contributed by atoms with Gasteiger partial charge in [-0.25, -0.2) is 9.07 Å². The molecule has 0 radical (unpaired) electrons. The topological polar surface area (TPSA) is 58.4 Å². The zero-order valence-electron chi connectivity index (χ0n) is 17.9. The number of hydrogen-bond donors (Lipinski definition) is 0. The quantitative estimate of drug-likeness (QED) is 0.738. The number of carbonyl (C=O) groups is 1. The molecule has 2 fully saturated rings. The van der Waals surface area contributed by atoms with Crippen LogP contribution in [-0.4, -0.2) is 58.2 Å². The molecule has 6 nitrogen and oxygen atoms in total. The van der Waals surface area contributed by atoms with Crippen LogP contribution < -0.4 is 5.56 Å². The number of carbonyl (C=O) groups excluding carboxylic acids is 1. The molecular formula is C24H29FN4O2. The van der Waals surface area contributed by atoms with E-state index in [-0.39, 0.29) is 17.3 Å². The molecule has 1 saturated heterocycles. The van der Waals surface area contributed by atoms with Crippen molar-refractivity contribution in [3.8, 4) is 0 Å². The van der Waals surface area contributed by atoms with Gasteiger partial charge in [0.15, 0.2) is 0 Å². The Labute approximate surface area is 181 Å². The Morgan fingerprint density at radius 1 is 1.00 bits per heavy atom. The summed E-state index contributed by atoms with van der Waals surface area (Å²) in [7, 11) is 0. The third kappa shape index (κ3) is 4.03. The van der Waals surface area contributed by atoms with Gasteiger partial charge >= 0.3 is 0 Å². The van der Waals surface area contributed by atoms with Crippen LogP contribution in [0.4, 0.5) is 4.39 Å². The SMILES string of the molecule is O=C(N1CCN(CCn2nc3c(cc2=O)CCCC3)CC1)C1(c2ccc(F)cc2)CC1. The normalized spacial score (nSPS) is 20.4. The van der Waals surface area contributed by atoms with Gasteiger partial charge in [0.2, 0.25) is 5.91 Å². The van der Waals surface area contributed by atoms with Crippen LogP contribution >= 0.6 is 0 Å². The van der Waals surface area contributed by atoms with E-state index in [4.69, 9.17) is 0 Å². The predicted octanol–water partition coefficient (Wildman–Crippen LogP) is 2.14. The van der Waals surface area contributed by atoms with E-state index in [9.17, 15) is 14.0 Å². The van der Waals surface area contributed by atoms with Gasteiger partial charge in [-0.15, -0.1) is 0 Å². The van der Waals surface area contributed by atoms with Gasteiger partial charge in [-0.2, -0.15) is 5.10 Å². The molecule has 1 saturated carbocycles. The number of amides is 1. The van der Waals surface area contributed by atoms with Crippen LogP contribution in [0.15, 0.2) is 35.1 Å². The zero-order chi connectivity index (χ0) is 21.4. The highest BCUT2D eigenvalue weighted by Crippen LogP contribution is 2.49. The second-order valence-electron chi connectivity index (χ2n) is 9.11. The van der Waals surface area contributed by atoms with Crippen molar-refractivity contribution in [3.63, 3.8) is 0 Å². The Morgan fingerprint density at radius 3 is 2.42 bits per heavy atom. The number of halogens is 1. The number of hydrogen-bond acceptors (Lipinski definition) is 4. The number of rotatable bonds is 5. The molecular weight excluding hydrogens is 395 g/mol. The molecule has 0 spiro atoms. The van der Waals surface area contributed by atoms with Crippen molar-refractivity contribution in [2.75, 3.05) is 32.7 Å².